The second kappa shape index (κ2) is 11.2. The molecule has 9 heteroatoms. The minimum Gasteiger partial charge on any atom is -0.454 e. The summed E-state index contributed by atoms with van der Waals surface area (Å²) in [5, 5.41) is 2.96. The van der Waals surface area contributed by atoms with Crippen LogP contribution in [0.3, 0.4) is 0 Å². The molecule has 0 radical (unpaired) electrons. The van der Waals surface area contributed by atoms with Crippen molar-refractivity contribution in [2.24, 2.45) is 0 Å². The molecule has 1 saturated heterocycles. The highest BCUT2D eigenvalue weighted by Crippen LogP contribution is 2.15. The molecule has 1 heterocycles. The van der Waals surface area contributed by atoms with Crippen LogP contribution >= 0.6 is 23.4 Å². The van der Waals surface area contributed by atoms with Crippen molar-refractivity contribution in [1.82, 2.24) is 10.2 Å². The molecule has 7 nitrogen and oxygen atoms in total. The topological polar surface area (TPSA) is 84.9 Å². The van der Waals surface area contributed by atoms with E-state index in [0.29, 0.717) is 43.5 Å². The molecule has 0 aromatic heterocycles. The largest absolute Gasteiger partial charge is 0.454 e. The zero-order chi connectivity index (χ0) is 19.6. The van der Waals surface area contributed by atoms with Gasteiger partial charge in [0.05, 0.1) is 23.8 Å². The van der Waals surface area contributed by atoms with Crippen LogP contribution in [0.25, 0.3) is 0 Å². The van der Waals surface area contributed by atoms with Crippen LogP contribution in [-0.2, 0) is 19.1 Å². The highest BCUT2D eigenvalue weighted by molar-refractivity contribution is 7.98. The molecule has 0 spiro atoms. The summed E-state index contributed by atoms with van der Waals surface area (Å²) in [6.45, 7) is 1.56. The summed E-state index contributed by atoms with van der Waals surface area (Å²) in [5.41, 5.74) is 0.283. The van der Waals surface area contributed by atoms with E-state index in [0.717, 1.165) is 0 Å². The smallest absolute Gasteiger partial charge is 0.329 e. The predicted molar refractivity (Wildman–Crippen MR) is 104 cm³/mol. The van der Waals surface area contributed by atoms with Crippen molar-refractivity contribution in [2.45, 2.75) is 12.5 Å². The number of carbonyl (C=O) groups is 3. The Morgan fingerprint density at radius 2 is 2.00 bits per heavy atom. The second-order valence-electron chi connectivity index (χ2n) is 5.89. The number of halogens is 1. The quantitative estimate of drug-likeness (QED) is 0.650. The van der Waals surface area contributed by atoms with Crippen LogP contribution in [0.1, 0.15) is 16.8 Å². The van der Waals surface area contributed by atoms with Gasteiger partial charge in [-0.25, -0.2) is 4.79 Å². The first kappa shape index (κ1) is 21.5. The summed E-state index contributed by atoms with van der Waals surface area (Å²) < 4.78 is 10.3. The number of hydrogen-bond donors (Lipinski definition) is 1. The molecule has 1 N–H and O–H groups in total. The summed E-state index contributed by atoms with van der Waals surface area (Å²) >= 11 is 7.58. The summed E-state index contributed by atoms with van der Waals surface area (Å²) in [6.07, 6.45) is 2.29. The van der Waals surface area contributed by atoms with Crippen LogP contribution in [0.2, 0.25) is 5.02 Å². The molecular formula is C18H23ClN2O5S. The van der Waals surface area contributed by atoms with Crippen LogP contribution in [0, 0.1) is 0 Å². The van der Waals surface area contributed by atoms with Gasteiger partial charge in [0.15, 0.2) is 6.61 Å². The number of esters is 1. The number of nitrogens with zero attached hydrogens (tertiary/aromatic N) is 1. The number of hydrogen-bond acceptors (Lipinski definition) is 6. The van der Waals surface area contributed by atoms with Crippen LogP contribution in [0.15, 0.2) is 24.3 Å². The summed E-state index contributed by atoms with van der Waals surface area (Å²) in [7, 11) is 0. The molecule has 1 aromatic carbocycles. The number of benzene rings is 1. The zero-order valence-electron chi connectivity index (χ0n) is 15.1. The number of nitrogens with one attached hydrogen (secondary N) is 1. The molecule has 0 aliphatic carbocycles. The molecule has 2 amide bonds. The molecule has 0 unspecified atom stereocenters. The lowest BCUT2D eigenvalue weighted by atomic mass is 10.1. The van der Waals surface area contributed by atoms with E-state index in [-0.39, 0.29) is 18.1 Å². The van der Waals surface area contributed by atoms with Crippen molar-refractivity contribution >= 4 is 41.1 Å². The van der Waals surface area contributed by atoms with Crippen LogP contribution < -0.4 is 5.32 Å². The van der Waals surface area contributed by atoms with Crippen LogP contribution in [-0.4, -0.2) is 73.6 Å². The van der Waals surface area contributed by atoms with E-state index in [1.807, 2.05) is 6.26 Å². The fourth-order valence-electron chi connectivity index (χ4n) is 2.50. The van der Waals surface area contributed by atoms with Gasteiger partial charge in [-0.2, -0.15) is 11.8 Å². The zero-order valence-corrected chi connectivity index (χ0v) is 16.7. The number of carbonyl (C=O) groups excluding carboxylic acids is 3. The molecule has 0 saturated carbocycles. The van der Waals surface area contributed by atoms with E-state index >= 15 is 0 Å². The molecule has 27 heavy (non-hydrogen) atoms. The Balaban J connectivity index is 1.93. The monoisotopic (exact) mass is 414 g/mol. The molecule has 1 fully saturated rings. The summed E-state index contributed by atoms with van der Waals surface area (Å²) in [5.74, 6) is -0.707. The fourth-order valence-corrected chi connectivity index (χ4v) is 3.20. The third-order valence-electron chi connectivity index (χ3n) is 4.02. The number of ether oxygens (including phenoxy) is 2. The molecule has 0 bridgehead atoms. The van der Waals surface area contributed by atoms with Gasteiger partial charge in [-0.15, -0.1) is 0 Å². The normalized spacial score (nSPS) is 15.1. The maximum atomic E-state index is 12.4. The molecule has 1 aliphatic heterocycles. The lowest BCUT2D eigenvalue weighted by molar-refractivity contribution is -0.155. The van der Waals surface area contributed by atoms with Gasteiger partial charge < -0.3 is 19.7 Å². The maximum absolute atomic E-state index is 12.4. The highest BCUT2D eigenvalue weighted by atomic mass is 35.5. The van der Waals surface area contributed by atoms with Crippen molar-refractivity contribution < 1.29 is 23.9 Å². The minimum absolute atomic E-state index is 0.271. The molecule has 2 rings (SSSR count). The lowest BCUT2D eigenvalue weighted by Crippen LogP contribution is -2.45. The van der Waals surface area contributed by atoms with E-state index in [1.54, 1.807) is 40.9 Å². The number of thioether (sulfide) groups is 1. The van der Waals surface area contributed by atoms with Gasteiger partial charge in [-0.05, 0) is 30.6 Å². The summed E-state index contributed by atoms with van der Waals surface area (Å²) in [6, 6.07) is 5.74. The van der Waals surface area contributed by atoms with Crippen molar-refractivity contribution in [3.63, 3.8) is 0 Å². The second-order valence-corrected chi connectivity index (χ2v) is 7.28. The van der Waals surface area contributed by atoms with Gasteiger partial charge in [-0.1, -0.05) is 23.7 Å². The SMILES string of the molecule is CSCC[C@@H](NC(=O)c1ccccc1Cl)C(=O)OCC(=O)N1CCOCC1. The van der Waals surface area contributed by atoms with Crippen LogP contribution in [0.4, 0.5) is 0 Å². The fraction of sp³-hybridized carbons (Fsp3) is 0.500. The minimum atomic E-state index is -0.848. The Kier molecular flexibility index (Phi) is 8.90. The number of rotatable bonds is 8. The first-order valence-electron chi connectivity index (χ1n) is 8.59. The van der Waals surface area contributed by atoms with Gasteiger partial charge in [0.25, 0.3) is 11.8 Å². The van der Waals surface area contributed by atoms with Gasteiger partial charge in [0.1, 0.15) is 6.04 Å². The van der Waals surface area contributed by atoms with Gasteiger partial charge >= 0.3 is 5.97 Å². The number of morpholine rings is 1. The van der Waals surface area contributed by atoms with E-state index in [1.165, 1.54) is 0 Å². The van der Waals surface area contributed by atoms with E-state index in [9.17, 15) is 14.4 Å². The van der Waals surface area contributed by atoms with Gasteiger partial charge in [0.2, 0.25) is 0 Å². The standard InChI is InChI=1S/C18H23ClN2O5S/c1-27-11-6-15(20-17(23)13-4-2-3-5-14(13)19)18(24)26-12-16(22)21-7-9-25-10-8-21/h2-5,15H,6-12H2,1H3,(H,20,23)/t15-/m1/s1. The van der Waals surface area contributed by atoms with E-state index in [4.69, 9.17) is 21.1 Å². The maximum Gasteiger partial charge on any atom is 0.329 e. The lowest BCUT2D eigenvalue weighted by Gasteiger charge is -2.27. The van der Waals surface area contributed by atoms with Crippen molar-refractivity contribution in [1.29, 1.82) is 0 Å². The van der Waals surface area contributed by atoms with Crippen molar-refractivity contribution in [3.05, 3.63) is 34.9 Å². The number of amides is 2. The Bertz CT molecular complexity index is 667. The van der Waals surface area contributed by atoms with E-state index < -0.39 is 17.9 Å². The van der Waals surface area contributed by atoms with Gasteiger partial charge in [-0.3, -0.25) is 9.59 Å². The highest BCUT2D eigenvalue weighted by Gasteiger charge is 2.25. The average molecular weight is 415 g/mol. The third kappa shape index (κ3) is 6.71. The van der Waals surface area contributed by atoms with E-state index in [2.05, 4.69) is 5.32 Å². The molecule has 1 aliphatic rings. The predicted octanol–water partition coefficient (Wildman–Crippen LogP) is 1.59. The van der Waals surface area contributed by atoms with Gasteiger partial charge in [0, 0.05) is 13.1 Å². The first-order chi connectivity index (χ1) is 13.0. The Hall–Kier alpha value is -1.77. The van der Waals surface area contributed by atoms with Crippen molar-refractivity contribution in [3.8, 4) is 0 Å². The molecule has 1 atom stereocenters. The first-order valence-corrected chi connectivity index (χ1v) is 10.4. The molecular weight excluding hydrogens is 392 g/mol. The third-order valence-corrected chi connectivity index (χ3v) is 4.99. The van der Waals surface area contributed by atoms with Crippen LogP contribution in [0.5, 0.6) is 0 Å². The molecule has 1 aromatic rings. The molecule has 148 valence electrons. The Morgan fingerprint density at radius 3 is 2.67 bits per heavy atom. The average Bonchev–Trinajstić information content (AvgIpc) is 2.69. The van der Waals surface area contributed by atoms with Crippen molar-refractivity contribution in [2.75, 3.05) is 44.9 Å². The summed E-state index contributed by atoms with van der Waals surface area (Å²) in [4.78, 5) is 38.5. The Labute approximate surface area is 167 Å². The Morgan fingerprint density at radius 1 is 1.30 bits per heavy atom.